The highest BCUT2D eigenvalue weighted by Gasteiger charge is 2.32. The van der Waals surface area contributed by atoms with Crippen LogP contribution < -0.4 is 20.3 Å². The number of anilines is 1. The third-order valence-electron chi connectivity index (χ3n) is 6.90. The number of nitrogens with one attached hydrogen (secondary N) is 1. The number of unbranched alkanes of at least 4 members (excludes halogenated alkanes) is 3. The first-order valence-corrected chi connectivity index (χ1v) is 14.9. The number of hydrogen-bond acceptors (Lipinski definition) is 8. The fraction of sp³-hybridized carbons (Fsp3) is 0.467. The van der Waals surface area contributed by atoms with Crippen LogP contribution in [0.15, 0.2) is 27.9 Å². The van der Waals surface area contributed by atoms with Crippen LogP contribution in [-0.4, -0.2) is 47.0 Å². The smallest absolute Gasteiger partial charge is 0.270 e. The van der Waals surface area contributed by atoms with E-state index < -0.39 is 0 Å². The van der Waals surface area contributed by atoms with Crippen molar-refractivity contribution in [2.24, 2.45) is 0 Å². The van der Waals surface area contributed by atoms with Gasteiger partial charge < -0.3 is 14.8 Å². The van der Waals surface area contributed by atoms with Crippen molar-refractivity contribution in [2.45, 2.75) is 65.8 Å². The zero-order chi connectivity index (χ0) is 29.2. The minimum atomic E-state index is -0.327. The van der Waals surface area contributed by atoms with Crippen LogP contribution in [0.1, 0.15) is 68.2 Å². The van der Waals surface area contributed by atoms with Crippen molar-refractivity contribution in [1.82, 2.24) is 9.47 Å². The molecule has 8 nitrogen and oxygen atoms in total. The number of amides is 1. The van der Waals surface area contributed by atoms with E-state index in [2.05, 4.69) is 25.2 Å². The number of carbonyl (C=O) groups excluding carboxylic acids is 1. The molecular formula is C30H38N4O4S2. The number of carbonyl (C=O) groups is 1. The molecule has 1 aromatic heterocycles. The van der Waals surface area contributed by atoms with Gasteiger partial charge in [0.1, 0.15) is 21.8 Å². The molecule has 1 N–H and O–H groups in total. The second kappa shape index (κ2) is 14.9. The van der Waals surface area contributed by atoms with Crippen molar-refractivity contribution >= 4 is 46.1 Å². The molecule has 2 heterocycles. The Bertz CT molecular complexity index is 1380. The van der Waals surface area contributed by atoms with Crippen LogP contribution in [0.4, 0.5) is 5.82 Å². The molecule has 1 saturated heterocycles. The molecule has 0 radical (unpaired) electrons. The lowest BCUT2D eigenvalue weighted by Gasteiger charge is -2.20. The van der Waals surface area contributed by atoms with Crippen LogP contribution in [0.3, 0.4) is 0 Å². The number of ether oxygens (including phenoxy) is 2. The van der Waals surface area contributed by atoms with Crippen molar-refractivity contribution in [1.29, 1.82) is 5.26 Å². The minimum Gasteiger partial charge on any atom is -0.493 e. The normalized spacial score (nSPS) is 14.1. The summed E-state index contributed by atoms with van der Waals surface area (Å²) in [5.41, 5.74) is 2.00. The van der Waals surface area contributed by atoms with Gasteiger partial charge in [-0.15, -0.1) is 0 Å². The molecule has 1 fully saturated rings. The highest BCUT2D eigenvalue weighted by atomic mass is 32.2. The molecule has 0 atom stereocenters. The summed E-state index contributed by atoms with van der Waals surface area (Å²) in [5.74, 6) is 1.78. The lowest BCUT2D eigenvalue weighted by Crippen LogP contribution is -2.29. The third kappa shape index (κ3) is 7.07. The standard InChI is InChI=1S/C30H38N4O4S2/c1-6-8-10-16-34-29(36)26(40-30(34)39)18-22-20(3)23(19-31)28(35)33(15-9-7-2)27(22)32-14-13-21-11-12-24(37-4)25(17-21)38-5/h11-12,17-18,32H,6-10,13-16H2,1-5H3/b26-18+. The molecule has 3 rings (SSSR count). The molecule has 2 aromatic rings. The van der Waals surface area contributed by atoms with Gasteiger partial charge in [0.2, 0.25) is 0 Å². The molecule has 1 aromatic carbocycles. The molecule has 0 bridgehead atoms. The number of hydrogen-bond donors (Lipinski definition) is 1. The van der Waals surface area contributed by atoms with Gasteiger partial charge in [0.25, 0.3) is 11.5 Å². The quantitative estimate of drug-likeness (QED) is 0.167. The first-order valence-electron chi connectivity index (χ1n) is 13.7. The van der Waals surface area contributed by atoms with Gasteiger partial charge in [-0.1, -0.05) is 63.2 Å². The number of nitriles is 1. The van der Waals surface area contributed by atoms with Gasteiger partial charge >= 0.3 is 0 Å². The molecule has 214 valence electrons. The zero-order valence-corrected chi connectivity index (χ0v) is 25.6. The first-order chi connectivity index (χ1) is 19.3. The van der Waals surface area contributed by atoms with Crippen molar-refractivity contribution in [2.75, 3.05) is 32.6 Å². The van der Waals surface area contributed by atoms with E-state index in [1.165, 1.54) is 11.8 Å². The molecule has 0 saturated carbocycles. The minimum absolute atomic E-state index is 0.0891. The van der Waals surface area contributed by atoms with E-state index in [0.717, 1.165) is 37.7 Å². The van der Waals surface area contributed by atoms with Gasteiger partial charge in [0, 0.05) is 25.2 Å². The number of methoxy groups -OCH3 is 2. The maximum Gasteiger partial charge on any atom is 0.270 e. The van der Waals surface area contributed by atoms with Gasteiger partial charge in [-0.25, -0.2) is 0 Å². The lowest BCUT2D eigenvalue weighted by molar-refractivity contribution is -0.122. The Morgan fingerprint density at radius 2 is 1.80 bits per heavy atom. The molecule has 0 unspecified atom stereocenters. The highest BCUT2D eigenvalue weighted by molar-refractivity contribution is 8.26. The van der Waals surface area contributed by atoms with Gasteiger partial charge in [-0.3, -0.25) is 19.1 Å². The Balaban J connectivity index is 2.02. The molecule has 0 aliphatic carbocycles. The van der Waals surface area contributed by atoms with Gasteiger partial charge in [-0.2, -0.15) is 5.26 Å². The number of benzene rings is 1. The monoisotopic (exact) mass is 582 g/mol. The van der Waals surface area contributed by atoms with Crippen molar-refractivity contribution in [3.63, 3.8) is 0 Å². The van der Waals surface area contributed by atoms with Crippen molar-refractivity contribution in [3.8, 4) is 17.6 Å². The summed E-state index contributed by atoms with van der Waals surface area (Å²) in [5, 5.41) is 13.3. The van der Waals surface area contributed by atoms with Gasteiger partial charge in [-0.05, 0) is 55.5 Å². The summed E-state index contributed by atoms with van der Waals surface area (Å²) in [6, 6.07) is 7.87. The Kier molecular flexibility index (Phi) is 11.6. The van der Waals surface area contributed by atoms with E-state index >= 15 is 0 Å². The Morgan fingerprint density at radius 3 is 2.45 bits per heavy atom. The second-order valence-electron chi connectivity index (χ2n) is 9.59. The van der Waals surface area contributed by atoms with E-state index in [0.29, 0.717) is 63.7 Å². The summed E-state index contributed by atoms with van der Waals surface area (Å²) in [6.45, 7) is 7.50. The average Bonchev–Trinajstić information content (AvgIpc) is 3.22. The molecule has 10 heteroatoms. The summed E-state index contributed by atoms with van der Waals surface area (Å²) in [7, 11) is 3.20. The largest absolute Gasteiger partial charge is 0.493 e. The molecular weight excluding hydrogens is 544 g/mol. The predicted molar refractivity (Wildman–Crippen MR) is 166 cm³/mol. The van der Waals surface area contributed by atoms with Crippen LogP contribution in [0.25, 0.3) is 6.08 Å². The number of nitrogens with zero attached hydrogens (tertiary/aromatic N) is 3. The van der Waals surface area contributed by atoms with Crippen LogP contribution >= 0.6 is 24.0 Å². The molecule has 1 aliphatic heterocycles. The molecule has 0 spiro atoms. The van der Waals surface area contributed by atoms with Crippen LogP contribution in [0, 0.1) is 18.3 Å². The van der Waals surface area contributed by atoms with Gasteiger partial charge in [0.05, 0.1) is 19.1 Å². The highest BCUT2D eigenvalue weighted by Crippen LogP contribution is 2.35. The lowest BCUT2D eigenvalue weighted by atomic mass is 10.0. The molecule has 40 heavy (non-hydrogen) atoms. The summed E-state index contributed by atoms with van der Waals surface area (Å²) in [6.07, 6.45) is 7.07. The topological polar surface area (TPSA) is 96.6 Å². The fourth-order valence-corrected chi connectivity index (χ4v) is 5.88. The van der Waals surface area contributed by atoms with Crippen molar-refractivity contribution < 1.29 is 14.3 Å². The summed E-state index contributed by atoms with van der Waals surface area (Å²) >= 11 is 6.79. The Morgan fingerprint density at radius 1 is 1.07 bits per heavy atom. The van der Waals surface area contributed by atoms with Crippen LogP contribution in [-0.2, 0) is 17.8 Å². The predicted octanol–water partition coefficient (Wildman–Crippen LogP) is 5.89. The molecule has 1 aliphatic rings. The summed E-state index contributed by atoms with van der Waals surface area (Å²) < 4.78 is 12.9. The Hall–Kier alpha value is -3.29. The zero-order valence-electron chi connectivity index (χ0n) is 24.0. The second-order valence-corrected chi connectivity index (χ2v) is 11.3. The maximum absolute atomic E-state index is 13.4. The fourth-order valence-electron chi connectivity index (χ4n) is 4.59. The van der Waals surface area contributed by atoms with Crippen molar-refractivity contribution in [3.05, 3.63) is 55.7 Å². The number of pyridine rings is 1. The van der Waals surface area contributed by atoms with Crippen LogP contribution in [0.5, 0.6) is 11.5 Å². The number of aromatic nitrogens is 1. The molecule has 1 amide bonds. The van der Waals surface area contributed by atoms with E-state index in [-0.39, 0.29) is 17.0 Å². The average molecular weight is 583 g/mol. The summed E-state index contributed by atoms with van der Waals surface area (Å²) in [4.78, 5) is 28.8. The SMILES string of the molecule is CCCCCN1C(=O)/C(=C\c2c(C)c(C#N)c(=O)n(CCCC)c2NCCc2ccc(OC)c(OC)c2)SC1=S. The van der Waals surface area contributed by atoms with E-state index in [4.69, 9.17) is 21.7 Å². The van der Waals surface area contributed by atoms with E-state index in [9.17, 15) is 14.9 Å². The van der Waals surface area contributed by atoms with E-state index in [1.807, 2.05) is 18.2 Å². The number of thiocarbonyl (C=S) groups is 1. The number of thioether (sulfide) groups is 1. The third-order valence-corrected chi connectivity index (χ3v) is 8.28. The van der Waals surface area contributed by atoms with E-state index in [1.54, 1.807) is 36.7 Å². The first kappa shape index (κ1) is 31.2. The number of rotatable bonds is 14. The Labute approximate surface area is 246 Å². The van der Waals surface area contributed by atoms with Crippen LogP contribution in [0.2, 0.25) is 0 Å². The maximum atomic E-state index is 13.4. The van der Waals surface area contributed by atoms with Gasteiger partial charge in [0.15, 0.2) is 11.5 Å².